The first-order valence-corrected chi connectivity index (χ1v) is 8.61. The van der Waals surface area contributed by atoms with E-state index < -0.39 is 0 Å². The monoisotopic (exact) mass is 280 g/mol. The van der Waals surface area contributed by atoms with Crippen molar-refractivity contribution in [2.75, 3.05) is 13.7 Å². The first-order chi connectivity index (χ1) is 9.57. The van der Waals surface area contributed by atoms with Gasteiger partial charge < -0.3 is 10.1 Å². The fraction of sp³-hybridized carbons (Fsp3) is 1.00. The van der Waals surface area contributed by atoms with Crippen LogP contribution in [0.5, 0.6) is 0 Å². The third-order valence-electron chi connectivity index (χ3n) is 6.24. The normalized spacial score (nSPS) is 43.5. The molecule has 0 radical (unpaired) electrons. The van der Waals surface area contributed by atoms with Crippen LogP contribution in [0.4, 0.5) is 0 Å². The van der Waals surface area contributed by atoms with Gasteiger partial charge in [0.15, 0.2) is 0 Å². The van der Waals surface area contributed by atoms with Gasteiger partial charge in [0, 0.05) is 36.7 Å². The van der Waals surface area contributed by atoms with Crippen LogP contribution in [0.15, 0.2) is 0 Å². The first-order valence-electron chi connectivity index (χ1n) is 8.61. The Bertz CT molecular complexity index is 330. The van der Waals surface area contributed by atoms with Crippen LogP contribution in [-0.2, 0) is 4.74 Å². The molecule has 0 amide bonds. The van der Waals surface area contributed by atoms with Crippen molar-refractivity contribution in [1.29, 1.82) is 0 Å². The fourth-order valence-electron chi connectivity index (χ4n) is 5.01. The SMILES string of the molecule is CCCNC1CC2CCC(C1)N2C1CC(OC)C1(C)C. The summed E-state index contributed by atoms with van der Waals surface area (Å²) < 4.78 is 5.65. The van der Waals surface area contributed by atoms with Crippen molar-refractivity contribution in [1.82, 2.24) is 10.2 Å². The number of fused-ring (bicyclic) bond motifs is 2. The van der Waals surface area contributed by atoms with Crippen LogP contribution in [0.3, 0.4) is 0 Å². The minimum atomic E-state index is 0.333. The Morgan fingerprint density at radius 1 is 1.15 bits per heavy atom. The van der Waals surface area contributed by atoms with Crippen molar-refractivity contribution in [2.45, 2.75) is 89.6 Å². The molecule has 1 N–H and O–H groups in total. The van der Waals surface area contributed by atoms with Gasteiger partial charge in [-0.1, -0.05) is 20.8 Å². The van der Waals surface area contributed by atoms with E-state index in [1.165, 1.54) is 45.1 Å². The van der Waals surface area contributed by atoms with E-state index in [0.29, 0.717) is 11.5 Å². The van der Waals surface area contributed by atoms with Gasteiger partial charge in [-0.25, -0.2) is 0 Å². The van der Waals surface area contributed by atoms with Crippen LogP contribution >= 0.6 is 0 Å². The summed E-state index contributed by atoms with van der Waals surface area (Å²) in [5.41, 5.74) is 0.333. The Labute approximate surface area is 124 Å². The highest BCUT2D eigenvalue weighted by Gasteiger charge is 2.56. The molecule has 3 aliphatic rings. The molecule has 0 spiro atoms. The Kier molecular flexibility index (Phi) is 4.13. The van der Waals surface area contributed by atoms with Gasteiger partial charge in [-0.05, 0) is 45.1 Å². The van der Waals surface area contributed by atoms with Crippen molar-refractivity contribution in [2.24, 2.45) is 5.41 Å². The van der Waals surface area contributed by atoms with Crippen molar-refractivity contribution in [3.8, 4) is 0 Å². The van der Waals surface area contributed by atoms with E-state index in [-0.39, 0.29) is 0 Å². The van der Waals surface area contributed by atoms with Crippen molar-refractivity contribution >= 4 is 0 Å². The molecule has 1 aliphatic carbocycles. The molecule has 3 nitrogen and oxygen atoms in total. The molecule has 2 heterocycles. The van der Waals surface area contributed by atoms with E-state index >= 15 is 0 Å². The van der Waals surface area contributed by atoms with Gasteiger partial charge in [0.05, 0.1) is 6.10 Å². The summed E-state index contributed by atoms with van der Waals surface area (Å²) in [5.74, 6) is 0. The van der Waals surface area contributed by atoms with Gasteiger partial charge in [0.2, 0.25) is 0 Å². The molecule has 2 aliphatic heterocycles. The van der Waals surface area contributed by atoms with Gasteiger partial charge in [-0.3, -0.25) is 4.90 Å². The van der Waals surface area contributed by atoms with Crippen molar-refractivity contribution in [3.63, 3.8) is 0 Å². The maximum Gasteiger partial charge on any atom is 0.0652 e. The second-order valence-electron chi connectivity index (χ2n) is 7.75. The minimum absolute atomic E-state index is 0.333. The smallest absolute Gasteiger partial charge is 0.0652 e. The van der Waals surface area contributed by atoms with E-state index in [2.05, 4.69) is 31.0 Å². The average Bonchev–Trinajstić information content (AvgIpc) is 2.67. The van der Waals surface area contributed by atoms with Gasteiger partial charge in [-0.15, -0.1) is 0 Å². The molecule has 3 heteroatoms. The molecule has 0 aromatic carbocycles. The molecule has 1 saturated carbocycles. The number of nitrogens with zero attached hydrogens (tertiary/aromatic N) is 1. The van der Waals surface area contributed by atoms with E-state index in [1.54, 1.807) is 0 Å². The molecule has 116 valence electrons. The third-order valence-corrected chi connectivity index (χ3v) is 6.24. The summed E-state index contributed by atoms with van der Waals surface area (Å²) in [4.78, 5) is 2.89. The lowest BCUT2D eigenvalue weighted by molar-refractivity contribution is -0.155. The molecule has 0 aromatic rings. The van der Waals surface area contributed by atoms with E-state index in [1.807, 2.05) is 7.11 Å². The molecule has 3 fully saturated rings. The van der Waals surface area contributed by atoms with Crippen LogP contribution in [-0.4, -0.2) is 48.8 Å². The van der Waals surface area contributed by atoms with Gasteiger partial charge in [-0.2, -0.15) is 0 Å². The van der Waals surface area contributed by atoms with Crippen LogP contribution in [0.2, 0.25) is 0 Å². The Morgan fingerprint density at radius 3 is 2.30 bits per heavy atom. The zero-order chi connectivity index (χ0) is 14.3. The topological polar surface area (TPSA) is 24.5 Å². The summed E-state index contributed by atoms with van der Waals surface area (Å²) in [6, 6.07) is 3.16. The molecule has 2 bridgehead atoms. The van der Waals surface area contributed by atoms with Crippen LogP contribution in [0.25, 0.3) is 0 Å². The second-order valence-corrected chi connectivity index (χ2v) is 7.75. The number of methoxy groups -OCH3 is 1. The van der Waals surface area contributed by atoms with Crippen LogP contribution < -0.4 is 5.32 Å². The molecular formula is C17H32N2O. The zero-order valence-corrected chi connectivity index (χ0v) is 13.7. The molecule has 4 unspecified atom stereocenters. The highest BCUT2D eigenvalue weighted by molar-refractivity contribution is 5.10. The highest BCUT2D eigenvalue weighted by Crippen LogP contribution is 2.51. The predicted molar refractivity (Wildman–Crippen MR) is 82.9 cm³/mol. The molecule has 3 rings (SSSR count). The Hall–Kier alpha value is -0.120. The zero-order valence-electron chi connectivity index (χ0n) is 13.7. The van der Waals surface area contributed by atoms with E-state index in [0.717, 1.165) is 24.2 Å². The van der Waals surface area contributed by atoms with E-state index in [9.17, 15) is 0 Å². The average molecular weight is 280 g/mol. The summed E-state index contributed by atoms with van der Waals surface area (Å²) in [6.07, 6.45) is 8.51. The Morgan fingerprint density at radius 2 is 1.80 bits per heavy atom. The lowest BCUT2D eigenvalue weighted by Gasteiger charge is -2.59. The van der Waals surface area contributed by atoms with Crippen LogP contribution in [0.1, 0.15) is 59.3 Å². The summed E-state index contributed by atoms with van der Waals surface area (Å²) in [6.45, 7) is 8.25. The maximum absolute atomic E-state index is 5.65. The molecular weight excluding hydrogens is 248 g/mol. The summed E-state index contributed by atoms with van der Waals surface area (Å²) in [5, 5.41) is 3.76. The largest absolute Gasteiger partial charge is 0.381 e. The van der Waals surface area contributed by atoms with Crippen molar-refractivity contribution < 1.29 is 4.74 Å². The number of rotatable bonds is 5. The van der Waals surface area contributed by atoms with Crippen LogP contribution in [0, 0.1) is 5.41 Å². The number of hydrogen-bond donors (Lipinski definition) is 1. The lowest BCUT2D eigenvalue weighted by atomic mass is 9.63. The highest BCUT2D eigenvalue weighted by atomic mass is 16.5. The predicted octanol–water partition coefficient (Wildman–Crippen LogP) is 2.79. The first kappa shape index (κ1) is 14.8. The maximum atomic E-state index is 5.65. The molecule has 20 heavy (non-hydrogen) atoms. The van der Waals surface area contributed by atoms with Crippen molar-refractivity contribution in [3.05, 3.63) is 0 Å². The summed E-state index contributed by atoms with van der Waals surface area (Å²) in [7, 11) is 1.87. The van der Waals surface area contributed by atoms with E-state index in [4.69, 9.17) is 4.74 Å². The number of nitrogens with one attached hydrogen (secondary N) is 1. The lowest BCUT2D eigenvalue weighted by Crippen LogP contribution is -2.66. The Balaban J connectivity index is 1.63. The standard InChI is InChI=1S/C17H32N2O/c1-5-8-18-12-9-13-6-7-14(10-12)19(13)15-11-16(20-4)17(15,2)3/h12-16,18H,5-11H2,1-4H3. The third kappa shape index (κ3) is 2.32. The number of ether oxygens (including phenoxy) is 1. The van der Waals surface area contributed by atoms with Gasteiger partial charge >= 0.3 is 0 Å². The molecule has 4 atom stereocenters. The quantitative estimate of drug-likeness (QED) is 0.838. The minimum Gasteiger partial charge on any atom is -0.381 e. The van der Waals surface area contributed by atoms with Gasteiger partial charge in [0.25, 0.3) is 0 Å². The van der Waals surface area contributed by atoms with Gasteiger partial charge in [0.1, 0.15) is 0 Å². The second kappa shape index (κ2) is 5.58. The number of hydrogen-bond acceptors (Lipinski definition) is 3. The summed E-state index contributed by atoms with van der Waals surface area (Å²) >= 11 is 0. The molecule has 2 saturated heterocycles. The molecule has 0 aromatic heterocycles. The number of piperidine rings is 1. The fourth-order valence-corrected chi connectivity index (χ4v) is 5.01.